The molecule has 1 aliphatic heterocycles. The van der Waals surface area contributed by atoms with E-state index in [1.54, 1.807) is 11.3 Å². The summed E-state index contributed by atoms with van der Waals surface area (Å²) in [5.41, 5.74) is 4.90. The molecule has 1 unspecified atom stereocenters. The molecule has 1 N–H and O–H groups in total. The van der Waals surface area contributed by atoms with Gasteiger partial charge >= 0.3 is 0 Å². The molecule has 0 radical (unpaired) electrons. The summed E-state index contributed by atoms with van der Waals surface area (Å²) in [6.45, 7) is 6.35. The minimum absolute atomic E-state index is 0.122. The monoisotopic (exact) mass is 346 g/mol. The van der Waals surface area contributed by atoms with Gasteiger partial charge in [0.25, 0.3) is 0 Å². The van der Waals surface area contributed by atoms with Gasteiger partial charge in [-0.05, 0) is 62.0 Å². The summed E-state index contributed by atoms with van der Waals surface area (Å²) in [4.78, 5) is 14.6. The Morgan fingerprint density at radius 2 is 2.29 bits per heavy atom. The molecule has 2 aromatic heterocycles. The van der Waals surface area contributed by atoms with Crippen LogP contribution in [0.1, 0.15) is 41.4 Å². The number of carbonyl (C=O) groups is 1. The zero-order chi connectivity index (χ0) is 17.1. The zero-order valence-electron chi connectivity index (χ0n) is 14.7. The quantitative estimate of drug-likeness (QED) is 0.875. The lowest BCUT2D eigenvalue weighted by molar-refractivity contribution is -0.122. The number of nitrogens with zero attached hydrogens (tertiary/aromatic N) is 3. The van der Waals surface area contributed by atoms with Crippen molar-refractivity contribution in [1.82, 2.24) is 20.0 Å². The normalized spacial score (nSPS) is 18.2. The molecule has 2 aromatic rings. The summed E-state index contributed by atoms with van der Waals surface area (Å²) in [7, 11) is 1.99. The van der Waals surface area contributed by atoms with Crippen molar-refractivity contribution >= 4 is 17.2 Å². The van der Waals surface area contributed by atoms with Crippen molar-refractivity contribution in [2.75, 3.05) is 19.6 Å². The standard InChI is InChI=1S/C18H26N4OS/c1-13-18(14(2)21(3)20-13)16-5-4-9-22(16)11-17(23)19-8-6-15-7-10-24-12-15/h7,10,12,16H,4-6,8-9,11H2,1-3H3,(H,19,23). The topological polar surface area (TPSA) is 50.2 Å². The molecule has 0 saturated carbocycles. The summed E-state index contributed by atoms with van der Waals surface area (Å²) in [5, 5.41) is 11.8. The van der Waals surface area contributed by atoms with Gasteiger partial charge in [0.1, 0.15) is 0 Å². The molecule has 3 heterocycles. The minimum atomic E-state index is 0.122. The Labute approximate surface area is 147 Å². The van der Waals surface area contributed by atoms with Gasteiger partial charge in [-0.25, -0.2) is 0 Å². The van der Waals surface area contributed by atoms with Gasteiger partial charge in [-0.15, -0.1) is 0 Å². The second-order valence-electron chi connectivity index (χ2n) is 6.57. The van der Waals surface area contributed by atoms with Crippen LogP contribution < -0.4 is 5.32 Å². The molecular weight excluding hydrogens is 320 g/mol. The van der Waals surface area contributed by atoms with Gasteiger partial charge in [-0.3, -0.25) is 14.4 Å². The highest BCUT2D eigenvalue weighted by Crippen LogP contribution is 2.34. The number of likely N-dealkylation sites (tertiary alicyclic amines) is 1. The van der Waals surface area contributed by atoms with E-state index in [1.807, 2.05) is 11.7 Å². The highest BCUT2D eigenvalue weighted by Gasteiger charge is 2.31. The predicted octanol–water partition coefficient (Wildman–Crippen LogP) is 2.59. The van der Waals surface area contributed by atoms with E-state index in [9.17, 15) is 4.79 Å². The Kier molecular flexibility index (Phi) is 5.36. The number of aromatic nitrogens is 2. The second-order valence-corrected chi connectivity index (χ2v) is 7.35. The Balaban J connectivity index is 1.56. The van der Waals surface area contributed by atoms with E-state index >= 15 is 0 Å². The lowest BCUT2D eigenvalue weighted by Crippen LogP contribution is -2.37. The number of carbonyl (C=O) groups excluding carboxylic acids is 1. The molecule has 130 valence electrons. The van der Waals surface area contributed by atoms with E-state index in [4.69, 9.17) is 0 Å². The molecule has 1 atom stereocenters. The number of hydrogen-bond donors (Lipinski definition) is 1. The third-order valence-corrected chi connectivity index (χ3v) is 5.66. The Hall–Kier alpha value is -1.66. The van der Waals surface area contributed by atoms with E-state index in [1.165, 1.54) is 16.8 Å². The van der Waals surface area contributed by atoms with Crippen molar-refractivity contribution in [1.29, 1.82) is 0 Å². The van der Waals surface area contributed by atoms with Gasteiger partial charge < -0.3 is 5.32 Å². The van der Waals surface area contributed by atoms with E-state index in [0.717, 1.165) is 31.5 Å². The van der Waals surface area contributed by atoms with Crippen LogP contribution in [0, 0.1) is 13.8 Å². The van der Waals surface area contributed by atoms with Crippen LogP contribution in [-0.2, 0) is 18.3 Å². The fourth-order valence-corrected chi connectivity index (χ4v) is 4.34. The first kappa shape index (κ1) is 17.2. The second kappa shape index (κ2) is 7.49. The molecule has 0 bridgehead atoms. The highest BCUT2D eigenvalue weighted by molar-refractivity contribution is 7.07. The Bertz CT molecular complexity index is 692. The molecule has 1 aliphatic rings. The first-order valence-electron chi connectivity index (χ1n) is 8.58. The molecule has 3 rings (SSSR count). The van der Waals surface area contributed by atoms with Crippen LogP contribution in [0.4, 0.5) is 0 Å². The van der Waals surface area contributed by atoms with Crippen LogP contribution >= 0.6 is 11.3 Å². The number of nitrogens with one attached hydrogen (secondary N) is 1. The highest BCUT2D eigenvalue weighted by atomic mass is 32.1. The summed E-state index contributed by atoms with van der Waals surface area (Å²) in [6, 6.07) is 2.43. The molecule has 5 nitrogen and oxygen atoms in total. The van der Waals surface area contributed by atoms with Gasteiger partial charge in [-0.2, -0.15) is 16.4 Å². The van der Waals surface area contributed by atoms with E-state index in [2.05, 4.69) is 46.0 Å². The molecule has 24 heavy (non-hydrogen) atoms. The largest absolute Gasteiger partial charge is 0.355 e. The maximum atomic E-state index is 12.3. The van der Waals surface area contributed by atoms with Crippen molar-refractivity contribution in [3.8, 4) is 0 Å². The molecule has 6 heteroatoms. The third-order valence-electron chi connectivity index (χ3n) is 4.92. The maximum absolute atomic E-state index is 12.3. The van der Waals surface area contributed by atoms with Crippen LogP contribution in [0.15, 0.2) is 16.8 Å². The zero-order valence-corrected chi connectivity index (χ0v) is 15.5. The van der Waals surface area contributed by atoms with Gasteiger partial charge in [0.05, 0.1) is 12.2 Å². The molecule has 0 aliphatic carbocycles. The van der Waals surface area contributed by atoms with Crippen LogP contribution in [0.25, 0.3) is 0 Å². The molecule has 1 saturated heterocycles. The van der Waals surface area contributed by atoms with Crippen LogP contribution in [-0.4, -0.2) is 40.2 Å². The van der Waals surface area contributed by atoms with E-state index < -0.39 is 0 Å². The number of amides is 1. The fourth-order valence-electron chi connectivity index (χ4n) is 3.64. The number of rotatable bonds is 6. The van der Waals surface area contributed by atoms with Crippen molar-refractivity contribution < 1.29 is 4.79 Å². The van der Waals surface area contributed by atoms with Crippen LogP contribution in [0.2, 0.25) is 0 Å². The lowest BCUT2D eigenvalue weighted by Gasteiger charge is -2.24. The summed E-state index contributed by atoms with van der Waals surface area (Å²) in [5.74, 6) is 0.122. The number of thiophene rings is 1. The number of aryl methyl sites for hydroxylation is 2. The average molecular weight is 346 g/mol. The summed E-state index contributed by atoms with van der Waals surface area (Å²) < 4.78 is 1.95. The minimum Gasteiger partial charge on any atom is -0.355 e. The molecule has 1 amide bonds. The third kappa shape index (κ3) is 3.70. The molecule has 0 aromatic carbocycles. The lowest BCUT2D eigenvalue weighted by atomic mass is 10.0. The predicted molar refractivity (Wildman–Crippen MR) is 97.3 cm³/mol. The van der Waals surface area contributed by atoms with Crippen molar-refractivity contribution in [2.45, 2.75) is 39.2 Å². The fraction of sp³-hybridized carbons (Fsp3) is 0.556. The van der Waals surface area contributed by atoms with Crippen molar-refractivity contribution in [3.05, 3.63) is 39.3 Å². The SMILES string of the molecule is Cc1nn(C)c(C)c1C1CCCN1CC(=O)NCCc1ccsc1. The maximum Gasteiger partial charge on any atom is 0.234 e. The Morgan fingerprint density at radius 3 is 2.96 bits per heavy atom. The van der Waals surface area contributed by atoms with E-state index in [0.29, 0.717) is 19.1 Å². The van der Waals surface area contributed by atoms with Gasteiger partial charge in [0.15, 0.2) is 0 Å². The first-order valence-corrected chi connectivity index (χ1v) is 9.52. The van der Waals surface area contributed by atoms with Crippen molar-refractivity contribution in [2.24, 2.45) is 7.05 Å². The first-order chi connectivity index (χ1) is 11.6. The van der Waals surface area contributed by atoms with Gasteiger partial charge in [-0.1, -0.05) is 0 Å². The van der Waals surface area contributed by atoms with Gasteiger partial charge in [0.2, 0.25) is 5.91 Å². The van der Waals surface area contributed by atoms with E-state index in [-0.39, 0.29) is 5.91 Å². The van der Waals surface area contributed by atoms with Crippen molar-refractivity contribution in [3.63, 3.8) is 0 Å². The summed E-state index contributed by atoms with van der Waals surface area (Å²) in [6.07, 6.45) is 3.15. The average Bonchev–Trinajstić information content (AvgIpc) is 3.24. The number of hydrogen-bond acceptors (Lipinski definition) is 4. The Morgan fingerprint density at radius 1 is 1.46 bits per heavy atom. The van der Waals surface area contributed by atoms with Crippen LogP contribution in [0.5, 0.6) is 0 Å². The van der Waals surface area contributed by atoms with Crippen LogP contribution in [0.3, 0.4) is 0 Å². The molecule has 1 fully saturated rings. The molecular formula is C18H26N4OS. The van der Waals surface area contributed by atoms with Gasteiger partial charge in [0, 0.05) is 30.9 Å². The molecule has 0 spiro atoms. The smallest absolute Gasteiger partial charge is 0.234 e. The summed E-state index contributed by atoms with van der Waals surface area (Å²) >= 11 is 1.70.